The summed E-state index contributed by atoms with van der Waals surface area (Å²) in [5, 5.41) is 3.41. The smallest absolute Gasteiger partial charge is 0.118 e. The van der Waals surface area contributed by atoms with E-state index in [-0.39, 0.29) is 0 Å². The molecule has 1 unspecified atom stereocenters. The normalized spacial score (nSPS) is 29.2. The third kappa shape index (κ3) is 2.46. The van der Waals surface area contributed by atoms with E-state index in [0.717, 1.165) is 50.7 Å². The molecule has 4 nitrogen and oxygen atoms in total. The summed E-state index contributed by atoms with van der Waals surface area (Å²) < 4.78 is 11.7. The maximum absolute atomic E-state index is 5.84. The summed E-state index contributed by atoms with van der Waals surface area (Å²) in [4.78, 5) is 2.52. The Kier molecular flexibility index (Phi) is 3.68. The lowest BCUT2D eigenvalue weighted by Crippen LogP contribution is -2.57. The number of ether oxygens (including phenoxy) is 1. The number of morpholine rings is 1. The predicted molar refractivity (Wildman–Crippen MR) is 69.5 cm³/mol. The van der Waals surface area contributed by atoms with E-state index in [2.05, 4.69) is 29.3 Å². The molecule has 0 radical (unpaired) electrons. The van der Waals surface area contributed by atoms with Crippen molar-refractivity contribution in [1.82, 2.24) is 10.2 Å². The quantitative estimate of drug-likeness (QED) is 0.880. The fourth-order valence-corrected chi connectivity index (χ4v) is 2.98. The molecule has 18 heavy (non-hydrogen) atoms. The zero-order valence-corrected chi connectivity index (χ0v) is 11.0. The Morgan fingerprint density at radius 1 is 1.39 bits per heavy atom. The van der Waals surface area contributed by atoms with Gasteiger partial charge in [-0.25, -0.2) is 0 Å². The second-order valence-corrected chi connectivity index (χ2v) is 5.16. The van der Waals surface area contributed by atoms with E-state index in [9.17, 15) is 0 Å². The van der Waals surface area contributed by atoms with Gasteiger partial charge in [0.2, 0.25) is 0 Å². The Balaban J connectivity index is 1.66. The Bertz CT molecular complexity index is 389. The molecule has 3 rings (SSSR count). The number of nitrogens with zero attached hydrogens (tertiary/aromatic N) is 1. The number of fused-ring (bicyclic) bond motifs is 1. The number of hydrogen-bond acceptors (Lipinski definition) is 4. The van der Waals surface area contributed by atoms with Crippen molar-refractivity contribution in [2.75, 3.05) is 26.2 Å². The summed E-state index contributed by atoms with van der Waals surface area (Å²) in [6.45, 7) is 6.98. The molecule has 0 saturated carbocycles. The average Bonchev–Trinajstić information content (AvgIpc) is 2.87. The van der Waals surface area contributed by atoms with E-state index in [0.29, 0.717) is 12.1 Å². The van der Waals surface area contributed by atoms with Crippen LogP contribution in [0.1, 0.15) is 24.9 Å². The standard InChI is InChI=1S/C14H22N2O2/c1-2-11-3-4-12(18-11)10-16-7-8-17-14-9-15-6-5-13(14)16/h3-4,13-15H,2,5-10H2,1H3/t13-,14?/m1/s1. The van der Waals surface area contributed by atoms with Gasteiger partial charge in [0.05, 0.1) is 19.3 Å². The second kappa shape index (κ2) is 5.43. The third-order valence-corrected chi connectivity index (χ3v) is 4.00. The largest absolute Gasteiger partial charge is 0.465 e. The molecule has 0 amide bonds. The molecule has 1 N–H and O–H groups in total. The van der Waals surface area contributed by atoms with Gasteiger partial charge in [0.15, 0.2) is 0 Å². The van der Waals surface area contributed by atoms with Gasteiger partial charge in [-0.3, -0.25) is 4.90 Å². The van der Waals surface area contributed by atoms with Gasteiger partial charge in [0, 0.05) is 25.6 Å². The van der Waals surface area contributed by atoms with Crippen molar-refractivity contribution >= 4 is 0 Å². The summed E-state index contributed by atoms with van der Waals surface area (Å²) in [5.41, 5.74) is 0. The summed E-state index contributed by atoms with van der Waals surface area (Å²) >= 11 is 0. The highest BCUT2D eigenvalue weighted by molar-refractivity contribution is 5.07. The van der Waals surface area contributed by atoms with E-state index < -0.39 is 0 Å². The molecule has 2 atom stereocenters. The van der Waals surface area contributed by atoms with Gasteiger partial charge in [0.25, 0.3) is 0 Å². The molecule has 2 saturated heterocycles. The molecular formula is C14H22N2O2. The van der Waals surface area contributed by atoms with Gasteiger partial charge in [-0.1, -0.05) is 6.92 Å². The molecule has 4 heteroatoms. The lowest BCUT2D eigenvalue weighted by molar-refractivity contribution is -0.0859. The van der Waals surface area contributed by atoms with E-state index in [4.69, 9.17) is 9.15 Å². The highest BCUT2D eigenvalue weighted by atomic mass is 16.5. The SMILES string of the molecule is CCc1ccc(CN2CCOC3CNCC[C@H]32)o1. The number of rotatable bonds is 3. The van der Waals surface area contributed by atoms with Crippen molar-refractivity contribution in [3.63, 3.8) is 0 Å². The van der Waals surface area contributed by atoms with Crippen LogP contribution in [0.3, 0.4) is 0 Å². The minimum Gasteiger partial charge on any atom is -0.465 e. The number of nitrogens with one attached hydrogen (secondary N) is 1. The van der Waals surface area contributed by atoms with Gasteiger partial charge >= 0.3 is 0 Å². The van der Waals surface area contributed by atoms with Crippen molar-refractivity contribution in [3.05, 3.63) is 23.7 Å². The van der Waals surface area contributed by atoms with Crippen LogP contribution in [0.5, 0.6) is 0 Å². The van der Waals surface area contributed by atoms with Crippen LogP contribution in [0.25, 0.3) is 0 Å². The van der Waals surface area contributed by atoms with Crippen LogP contribution in [0.15, 0.2) is 16.5 Å². The molecule has 3 heterocycles. The molecule has 2 fully saturated rings. The first-order valence-corrected chi connectivity index (χ1v) is 7.01. The maximum Gasteiger partial charge on any atom is 0.118 e. The van der Waals surface area contributed by atoms with Crippen LogP contribution in [-0.4, -0.2) is 43.3 Å². The van der Waals surface area contributed by atoms with E-state index in [1.165, 1.54) is 6.42 Å². The molecule has 0 spiro atoms. The van der Waals surface area contributed by atoms with Gasteiger partial charge < -0.3 is 14.5 Å². The lowest BCUT2D eigenvalue weighted by atomic mass is 10.00. The summed E-state index contributed by atoms with van der Waals surface area (Å²) in [5.74, 6) is 2.17. The number of piperidine rings is 1. The average molecular weight is 250 g/mol. The molecule has 100 valence electrons. The molecule has 0 bridgehead atoms. The minimum absolute atomic E-state index is 0.355. The van der Waals surface area contributed by atoms with Crippen LogP contribution in [-0.2, 0) is 17.7 Å². The minimum atomic E-state index is 0.355. The first kappa shape index (κ1) is 12.2. The van der Waals surface area contributed by atoms with Crippen molar-refractivity contribution in [3.8, 4) is 0 Å². The zero-order chi connectivity index (χ0) is 12.4. The van der Waals surface area contributed by atoms with E-state index in [1.807, 2.05) is 0 Å². The summed E-state index contributed by atoms with van der Waals surface area (Å²) in [7, 11) is 0. The van der Waals surface area contributed by atoms with Crippen LogP contribution in [0.4, 0.5) is 0 Å². The first-order valence-electron chi connectivity index (χ1n) is 7.01. The monoisotopic (exact) mass is 250 g/mol. The molecule has 0 aromatic carbocycles. The molecule has 0 aliphatic carbocycles. The Hall–Kier alpha value is -0.840. The maximum atomic E-state index is 5.84. The van der Waals surface area contributed by atoms with Crippen molar-refractivity contribution in [2.45, 2.75) is 38.5 Å². The van der Waals surface area contributed by atoms with E-state index >= 15 is 0 Å². The highest BCUT2D eigenvalue weighted by Crippen LogP contribution is 2.22. The second-order valence-electron chi connectivity index (χ2n) is 5.16. The molecule has 2 aliphatic rings. The highest BCUT2D eigenvalue weighted by Gasteiger charge is 2.34. The molecule has 1 aromatic rings. The van der Waals surface area contributed by atoms with Crippen LogP contribution in [0, 0.1) is 0 Å². The summed E-state index contributed by atoms with van der Waals surface area (Å²) in [6, 6.07) is 4.76. The van der Waals surface area contributed by atoms with Gasteiger partial charge in [-0.15, -0.1) is 0 Å². The first-order chi connectivity index (χ1) is 8.86. The zero-order valence-electron chi connectivity index (χ0n) is 11.0. The molecule has 2 aliphatic heterocycles. The number of furan rings is 1. The fraction of sp³-hybridized carbons (Fsp3) is 0.714. The van der Waals surface area contributed by atoms with Gasteiger partial charge in [-0.05, 0) is 25.1 Å². The fourth-order valence-electron chi connectivity index (χ4n) is 2.98. The summed E-state index contributed by atoms with van der Waals surface area (Å²) in [6.07, 6.45) is 2.50. The van der Waals surface area contributed by atoms with Gasteiger partial charge in [-0.2, -0.15) is 0 Å². The van der Waals surface area contributed by atoms with Crippen LogP contribution < -0.4 is 5.32 Å². The molecule has 1 aromatic heterocycles. The third-order valence-electron chi connectivity index (χ3n) is 4.00. The van der Waals surface area contributed by atoms with Crippen LogP contribution >= 0.6 is 0 Å². The Labute approximate surface area is 108 Å². The van der Waals surface area contributed by atoms with Crippen molar-refractivity contribution in [2.24, 2.45) is 0 Å². The Morgan fingerprint density at radius 3 is 3.11 bits per heavy atom. The number of aryl methyl sites for hydroxylation is 1. The van der Waals surface area contributed by atoms with Crippen molar-refractivity contribution < 1.29 is 9.15 Å². The van der Waals surface area contributed by atoms with Crippen LogP contribution in [0.2, 0.25) is 0 Å². The topological polar surface area (TPSA) is 37.6 Å². The molecular weight excluding hydrogens is 228 g/mol. The van der Waals surface area contributed by atoms with Gasteiger partial charge in [0.1, 0.15) is 11.5 Å². The Morgan fingerprint density at radius 2 is 2.28 bits per heavy atom. The lowest BCUT2D eigenvalue weighted by Gasteiger charge is -2.43. The van der Waals surface area contributed by atoms with Crippen molar-refractivity contribution in [1.29, 1.82) is 0 Å². The van der Waals surface area contributed by atoms with E-state index in [1.54, 1.807) is 0 Å². The number of hydrogen-bond donors (Lipinski definition) is 1. The predicted octanol–water partition coefficient (Wildman–Crippen LogP) is 1.40.